The first-order valence-electron chi connectivity index (χ1n) is 5.27. The molecule has 0 bridgehead atoms. The first kappa shape index (κ1) is 10.6. The Labute approximate surface area is 93.9 Å². The minimum atomic E-state index is 0.161. The van der Waals surface area contributed by atoms with Gasteiger partial charge in [0.25, 0.3) is 5.91 Å². The van der Waals surface area contributed by atoms with Crippen LogP contribution in [0.1, 0.15) is 23.0 Å². The highest BCUT2D eigenvalue weighted by Gasteiger charge is 2.32. The van der Waals surface area contributed by atoms with Crippen LogP contribution in [0.25, 0.3) is 0 Å². The molecule has 2 N–H and O–H groups in total. The third kappa shape index (κ3) is 2.06. The van der Waals surface area contributed by atoms with Crippen molar-refractivity contribution in [3.63, 3.8) is 0 Å². The monoisotopic (exact) mass is 224 g/mol. The van der Waals surface area contributed by atoms with E-state index in [2.05, 4.69) is 6.92 Å². The zero-order chi connectivity index (χ0) is 10.8. The number of thiophene rings is 1. The summed E-state index contributed by atoms with van der Waals surface area (Å²) in [6.07, 6.45) is 1.04. The topological polar surface area (TPSA) is 46.3 Å². The number of amides is 1. The molecule has 0 spiro atoms. The third-order valence-corrected chi connectivity index (χ3v) is 3.85. The number of nitrogens with zero attached hydrogens (tertiary/aromatic N) is 1. The lowest BCUT2D eigenvalue weighted by Crippen LogP contribution is -2.33. The lowest BCUT2D eigenvalue weighted by Gasteiger charge is -2.20. The van der Waals surface area contributed by atoms with E-state index in [0.717, 1.165) is 17.8 Å². The number of hydrogen-bond acceptors (Lipinski definition) is 3. The van der Waals surface area contributed by atoms with Crippen molar-refractivity contribution in [2.24, 2.45) is 11.7 Å². The van der Waals surface area contributed by atoms with Gasteiger partial charge in [-0.05, 0) is 37.3 Å². The molecule has 0 saturated carbocycles. The standard InChI is InChI=1S/C11H16N2OS/c1-8-5-9(6-12)7-13(8)11(14)10-3-2-4-15-10/h2-4,8-9H,5-7,12H2,1H3. The van der Waals surface area contributed by atoms with E-state index in [9.17, 15) is 4.79 Å². The summed E-state index contributed by atoms with van der Waals surface area (Å²) < 4.78 is 0. The highest BCUT2D eigenvalue weighted by Crippen LogP contribution is 2.25. The Kier molecular flexibility index (Phi) is 3.07. The van der Waals surface area contributed by atoms with Crippen LogP contribution in [0.4, 0.5) is 0 Å². The summed E-state index contributed by atoms with van der Waals surface area (Å²) in [7, 11) is 0. The molecule has 15 heavy (non-hydrogen) atoms. The van der Waals surface area contributed by atoms with Gasteiger partial charge in [0, 0.05) is 12.6 Å². The van der Waals surface area contributed by atoms with Crippen LogP contribution in [0.15, 0.2) is 17.5 Å². The number of hydrogen-bond donors (Lipinski definition) is 1. The maximum Gasteiger partial charge on any atom is 0.264 e. The predicted molar refractivity (Wildman–Crippen MR) is 62.0 cm³/mol. The number of likely N-dealkylation sites (tertiary alicyclic amines) is 1. The highest BCUT2D eigenvalue weighted by atomic mass is 32.1. The molecule has 2 atom stereocenters. The minimum absolute atomic E-state index is 0.161. The quantitative estimate of drug-likeness (QED) is 0.828. The molecule has 2 rings (SSSR count). The van der Waals surface area contributed by atoms with Gasteiger partial charge in [-0.15, -0.1) is 11.3 Å². The van der Waals surface area contributed by atoms with Crippen molar-refractivity contribution in [1.82, 2.24) is 4.90 Å². The molecule has 1 aliphatic rings. The smallest absolute Gasteiger partial charge is 0.264 e. The van der Waals surface area contributed by atoms with E-state index < -0.39 is 0 Å². The molecule has 1 aliphatic heterocycles. The summed E-state index contributed by atoms with van der Waals surface area (Å²) in [6, 6.07) is 4.13. The normalized spacial score (nSPS) is 25.9. The lowest BCUT2D eigenvalue weighted by molar-refractivity contribution is 0.0748. The Morgan fingerprint density at radius 3 is 3.07 bits per heavy atom. The molecule has 2 heterocycles. The molecule has 1 amide bonds. The summed E-state index contributed by atoms with van der Waals surface area (Å²) in [5, 5.41) is 1.94. The Morgan fingerprint density at radius 1 is 1.73 bits per heavy atom. The number of carbonyl (C=O) groups is 1. The van der Waals surface area contributed by atoms with Gasteiger partial charge in [-0.3, -0.25) is 4.79 Å². The van der Waals surface area contributed by atoms with Crippen LogP contribution < -0.4 is 5.73 Å². The van der Waals surface area contributed by atoms with Crippen LogP contribution in [0.2, 0.25) is 0 Å². The van der Waals surface area contributed by atoms with Gasteiger partial charge < -0.3 is 10.6 Å². The Bertz CT molecular complexity index is 336. The van der Waals surface area contributed by atoms with Gasteiger partial charge >= 0.3 is 0 Å². The van der Waals surface area contributed by atoms with E-state index in [4.69, 9.17) is 5.73 Å². The molecular formula is C11H16N2OS. The molecule has 1 aromatic heterocycles. The molecular weight excluding hydrogens is 208 g/mol. The van der Waals surface area contributed by atoms with E-state index >= 15 is 0 Å². The largest absolute Gasteiger partial charge is 0.335 e. The van der Waals surface area contributed by atoms with Crippen LogP contribution in [0.3, 0.4) is 0 Å². The van der Waals surface area contributed by atoms with Crippen molar-refractivity contribution in [3.8, 4) is 0 Å². The molecule has 2 unspecified atom stereocenters. The first-order valence-corrected chi connectivity index (χ1v) is 6.15. The lowest BCUT2D eigenvalue weighted by atomic mass is 10.1. The van der Waals surface area contributed by atoms with Crippen molar-refractivity contribution in [2.45, 2.75) is 19.4 Å². The maximum atomic E-state index is 12.1. The molecule has 1 fully saturated rings. The third-order valence-electron chi connectivity index (χ3n) is 2.99. The summed E-state index contributed by atoms with van der Waals surface area (Å²) in [4.78, 5) is 14.9. The second kappa shape index (κ2) is 4.33. The van der Waals surface area contributed by atoms with Crippen LogP contribution in [-0.2, 0) is 0 Å². The zero-order valence-corrected chi connectivity index (χ0v) is 9.67. The SMILES string of the molecule is CC1CC(CN)CN1C(=O)c1cccs1. The number of carbonyl (C=O) groups excluding carboxylic acids is 1. The van der Waals surface area contributed by atoms with Crippen molar-refractivity contribution in [2.75, 3.05) is 13.1 Å². The fourth-order valence-corrected chi connectivity index (χ4v) is 2.82. The molecule has 0 aliphatic carbocycles. The van der Waals surface area contributed by atoms with Gasteiger partial charge in [-0.1, -0.05) is 6.07 Å². The van der Waals surface area contributed by atoms with Crippen molar-refractivity contribution < 1.29 is 4.79 Å². The second-order valence-corrected chi connectivity index (χ2v) is 5.07. The molecule has 1 aromatic rings. The maximum absolute atomic E-state index is 12.1. The van der Waals surface area contributed by atoms with Crippen molar-refractivity contribution in [1.29, 1.82) is 0 Å². The van der Waals surface area contributed by atoms with E-state index in [0.29, 0.717) is 18.5 Å². The molecule has 0 aromatic carbocycles. The van der Waals surface area contributed by atoms with Crippen LogP contribution in [0.5, 0.6) is 0 Å². The van der Waals surface area contributed by atoms with Crippen molar-refractivity contribution >= 4 is 17.2 Å². The minimum Gasteiger partial charge on any atom is -0.335 e. The summed E-state index contributed by atoms with van der Waals surface area (Å²) in [5.74, 6) is 0.636. The fraction of sp³-hybridized carbons (Fsp3) is 0.545. The number of nitrogens with two attached hydrogens (primary N) is 1. The van der Waals surface area contributed by atoms with E-state index in [-0.39, 0.29) is 5.91 Å². The van der Waals surface area contributed by atoms with Gasteiger partial charge in [0.15, 0.2) is 0 Å². The molecule has 1 saturated heterocycles. The average Bonchev–Trinajstić information content (AvgIpc) is 2.85. The van der Waals surface area contributed by atoms with E-state index in [1.165, 1.54) is 11.3 Å². The van der Waals surface area contributed by atoms with Gasteiger partial charge in [-0.25, -0.2) is 0 Å². The predicted octanol–water partition coefficient (Wildman–Crippen LogP) is 1.56. The zero-order valence-electron chi connectivity index (χ0n) is 8.85. The average molecular weight is 224 g/mol. The van der Waals surface area contributed by atoms with Gasteiger partial charge in [0.1, 0.15) is 0 Å². The fourth-order valence-electron chi connectivity index (χ4n) is 2.14. The second-order valence-electron chi connectivity index (χ2n) is 4.12. The molecule has 3 nitrogen and oxygen atoms in total. The Morgan fingerprint density at radius 2 is 2.53 bits per heavy atom. The Hall–Kier alpha value is -0.870. The summed E-state index contributed by atoms with van der Waals surface area (Å²) >= 11 is 1.51. The van der Waals surface area contributed by atoms with Gasteiger partial charge in [0.2, 0.25) is 0 Å². The van der Waals surface area contributed by atoms with Crippen LogP contribution in [-0.4, -0.2) is 29.9 Å². The summed E-state index contributed by atoms with van der Waals surface area (Å²) in [6.45, 7) is 3.59. The molecule has 4 heteroatoms. The van der Waals surface area contributed by atoms with Crippen LogP contribution in [0, 0.1) is 5.92 Å². The van der Waals surface area contributed by atoms with Gasteiger partial charge in [-0.2, -0.15) is 0 Å². The van der Waals surface area contributed by atoms with E-state index in [1.54, 1.807) is 0 Å². The Balaban J connectivity index is 2.09. The van der Waals surface area contributed by atoms with E-state index in [1.807, 2.05) is 22.4 Å². The van der Waals surface area contributed by atoms with Crippen molar-refractivity contribution in [3.05, 3.63) is 22.4 Å². The molecule has 82 valence electrons. The highest BCUT2D eigenvalue weighted by molar-refractivity contribution is 7.12. The first-order chi connectivity index (χ1) is 7.22. The van der Waals surface area contributed by atoms with Crippen LogP contribution >= 0.6 is 11.3 Å². The molecule has 0 radical (unpaired) electrons. The number of rotatable bonds is 2. The van der Waals surface area contributed by atoms with Gasteiger partial charge in [0.05, 0.1) is 4.88 Å². The summed E-state index contributed by atoms with van der Waals surface area (Å²) in [5.41, 5.74) is 5.64.